The lowest BCUT2D eigenvalue weighted by Gasteiger charge is -2.13. The van der Waals surface area contributed by atoms with Gasteiger partial charge >= 0.3 is 0 Å². The number of hydrogen-bond acceptors (Lipinski definition) is 7. The van der Waals surface area contributed by atoms with Gasteiger partial charge in [0.2, 0.25) is 5.91 Å². The van der Waals surface area contributed by atoms with Crippen LogP contribution in [0.1, 0.15) is 6.92 Å². The molecule has 0 aliphatic carbocycles. The van der Waals surface area contributed by atoms with Crippen molar-refractivity contribution in [1.82, 2.24) is 9.55 Å². The molecule has 0 fully saturated rings. The van der Waals surface area contributed by atoms with Gasteiger partial charge in [0, 0.05) is 23.6 Å². The number of nitrogens with one attached hydrogen (secondary N) is 1. The zero-order valence-electron chi connectivity index (χ0n) is 18.5. The molecular weight excluding hydrogens is 458 g/mol. The topological polar surface area (TPSA) is 82.5 Å². The Kier molecular flexibility index (Phi) is 7.00. The van der Waals surface area contributed by atoms with Gasteiger partial charge in [-0.1, -0.05) is 42.1 Å². The van der Waals surface area contributed by atoms with Crippen LogP contribution in [0.5, 0.6) is 11.5 Å². The predicted octanol–water partition coefficient (Wildman–Crippen LogP) is 4.89. The van der Waals surface area contributed by atoms with Gasteiger partial charge < -0.3 is 14.8 Å². The summed E-state index contributed by atoms with van der Waals surface area (Å²) in [5, 5.41) is 5.33. The highest BCUT2D eigenvalue weighted by Crippen LogP contribution is 2.33. The Morgan fingerprint density at radius 2 is 1.94 bits per heavy atom. The Morgan fingerprint density at radius 1 is 1.15 bits per heavy atom. The molecule has 2 heterocycles. The summed E-state index contributed by atoms with van der Waals surface area (Å²) in [4.78, 5) is 30.6. The zero-order chi connectivity index (χ0) is 23.4. The average molecular weight is 482 g/mol. The number of amides is 1. The quantitative estimate of drug-likeness (QED) is 0.285. The molecule has 1 amide bonds. The number of carbonyl (C=O) groups is 1. The largest absolute Gasteiger partial charge is 0.497 e. The smallest absolute Gasteiger partial charge is 0.272 e. The van der Waals surface area contributed by atoms with Gasteiger partial charge in [0.25, 0.3) is 5.56 Å². The number of rotatable bonds is 8. The molecule has 0 saturated heterocycles. The maximum Gasteiger partial charge on any atom is 0.272 e. The van der Waals surface area contributed by atoms with Gasteiger partial charge in [-0.15, -0.1) is 11.3 Å². The van der Waals surface area contributed by atoms with Crippen LogP contribution in [-0.4, -0.2) is 35.4 Å². The molecular formula is C24H23N3O4S2. The highest BCUT2D eigenvalue weighted by atomic mass is 32.2. The molecule has 0 aliphatic rings. The van der Waals surface area contributed by atoms with Crippen molar-refractivity contribution in [3.05, 3.63) is 64.3 Å². The number of fused-ring (bicyclic) bond motifs is 1. The summed E-state index contributed by atoms with van der Waals surface area (Å²) < 4.78 is 12.8. The van der Waals surface area contributed by atoms with Crippen molar-refractivity contribution in [2.45, 2.75) is 18.6 Å². The standard InChI is InChI=1S/C24H23N3O4S2/c1-4-27-23(29)22-21(17(13-32-22)15-8-6-5-7-9-15)26-24(27)33-14-20(28)25-18-12-16(30-2)10-11-19(18)31-3/h5-13H,4,14H2,1-3H3,(H,25,28). The Morgan fingerprint density at radius 3 is 2.64 bits per heavy atom. The third-order valence-electron chi connectivity index (χ3n) is 5.06. The molecule has 170 valence electrons. The van der Waals surface area contributed by atoms with Crippen molar-refractivity contribution in [1.29, 1.82) is 0 Å². The fourth-order valence-electron chi connectivity index (χ4n) is 3.42. The summed E-state index contributed by atoms with van der Waals surface area (Å²) in [5.74, 6) is 0.988. The fourth-order valence-corrected chi connectivity index (χ4v) is 5.24. The zero-order valence-corrected chi connectivity index (χ0v) is 20.1. The number of carbonyl (C=O) groups excluding carboxylic acids is 1. The monoisotopic (exact) mass is 481 g/mol. The fraction of sp³-hybridized carbons (Fsp3) is 0.208. The molecule has 9 heteroatoms. The first-order valence-corrected chi connectivity index (χ1v) is 12.1. The van der Waals surface area contributed by atoms with Crippen LogP contribution in [0, 0.1) is 0 Å². The van der Waals surface area contributed by atoms with E-state index in [0.717, 1.165) is 11.1 Å². The minimum Gasteiger partial charge on any atom is -0.497 e. The lowest BCUT2D eigenvalue weighted by Crippen LogP contribution is -2.23. The third kappa shape index (κ3) is 4.74. The summed E-state index contributed by atoms with van der Waals surface area (Å²) >= 11 is 2.63. The Bertz CT molecular complexity index is 1350. The molecule has 0 radical (unpaired) electrons. The van der Waals surface area contributed by atoms with E-state index in [1.54, 1.807) is 29.9 Å². The maximum absolute atomic E-state index is 13.1. The van der Waals surface area contributed by atoms with Crippen LogP contribution in [-0.2, 0) is 11.3 Å². The number of thioether (sulfide) groups is 1. The van der Waals surface area contributed by atoms with E-state index in [-0.39, 0.29) is 17.2 Å². The normalized spacial score (nSPS) is 10.9. The van der Waals surface area contributed by atoms with Crippen LogP contribution in [0.25, 0.3) is 21.3 Å². The Hall–Kier alpha value is -3.30. The van der Waals surface area contributed by atoms with Crippen LogP contribution < -0.4 is 20.3 Å². The van der Waals surface area contributed by atoms with E-state index in [1.807, 2.05) is 42.6 Å². The van der Waals surface area contributed by atoms with Crippen LogP contribution in [0.15, 0.2) is 63.9 Å². The first-order valence-electron chi connectivity index (χ1n) is 10.3. The van der Waals surface area contributed by atoms with Gasteiger partial charge in [-0.3, -0.25) is 14.2 Å². The van der Waals surface area contributed by atoms with Gasteiger partial charge in [-0.2, -0.15) is 0 Å². The molecule has 1 N–H and O–H groups in total. The number of aromatic nitrogens is 2. The van der Waals surface area contributed by atoms with Crippen molar-refractivity contribution in [3.63, 3.8) is 0 Å². The first-order chi connectivity index (χ1) is 16.0. The van der Waals surface area contributed by atoms with E-state index in [4.69, 9.17) is 14.5 Å². The number of thiophene rings is 1. The van der Waals surface area contributed by atoms with Crippen molar-refractivity contribution in [3.8, 4) is 22.6 Å². The number of hydrogen-bond donors (Lipinski definition) is 1. The summed E-state index contributed by atoms with van der Waals surface area (Å²) in [7, 11) is 3.10. The lowest BCUT2D eigenvalue weighted by molar-refractivity contribution is -0.113. The molecule has 2 aromatic carbocycles. The van der Waals surface area contributed by atoms with Crippen molar-refractivity contribution in [2.24, 2.45) is 0 Å². The number of benzene rings is 2. The van der Waals surface area contributed by atoms with Gasteiger partial charge in [-0.05, 0) is 24.6 Å². The van der Waals surface area contributed by atoms with E-state index < -0.39 is 0 Å². The van der Waals surface area contributed by atoms with Crippen LogP contribution in [0.3, 0.4) is 0 Å². The lowest BCUT2D eigenvalue weighted by atomic mass is 10.1. The third-order valence-corrected chi connectivity index (χ3v) is 6.99. The molecule has 33 heavy (non-hydrogen) atoms. The molecule has 0 unspecified atom stereocenters. The second-order valence-corrected chi connectivity index (χ2v) is 8.86. The summed E-state index contributed by atoms with van der Waals surface area (Å²) in [6.07, 6.45) is 0. The van der Waals surface area contributed by atoms with E-state index in [0.29, 0.717) is 39.1 Å². The van der Waals surface area contributed by atoms with Crippen molar-refractivity contribution < 1.29 is 14.3 Å². The van der Waals surface area contributed by atoms with Gasteiger partial charge in [0.1, 0.15) is 16.2 Å². The number of nitrogens with zero attached hydrogens (tertiary/aromatic N) is 2. The van der Waals surface area contributed by atoms with Crippen molar-refractivity contribution in [2.75, 3.05) is 25.3 Å². The van der Waals surface area contributed by atoms with E-state index in [1.165, 1.54) is 30.2 Å². The number of anilines is 1. The molecule has 0 spiro atoms. The minimum absolute atomic E-state index is 0.0864. The van der Waals surface area contributed by atoms with E-state index in [2.05, 4.69) is 5.32 Å². The molecule has 0 aliphatic heterocycles. The summed E-state index contributed by atoms with van der Waals surface area (Å²) in [6, 6.07) is 15.0. The summed E-state index contributed by atoms with van der Waals surface area (Å²) in [6.45, 7) is 2.36. The predicted molar refractivity (Wildman–Crippen MR) is 134 cm³/mol. The molecule has 2 aromatic heterocycles. The molecule has 4 aromatic rings. The molecule has 0 bridgehead atoms. The summed E-state index contributed by atoms with van der Waals surface area (Å²) in [5.41, 5.74) is 3.01. The van der Waals surface area contributed by atoms with Crippen LogP contribution in [0.4, 0.5) is 5.69 Å². The number of methoxy groups -OCH3 is 2. The van der Waals surface area contributed by atoms with Crippen molar-refractivity contribution >= 4 is 44.9 Å². The van der Waals surface area contributed by atoms with Crippen LogP contribution >= 0.6 is 23.1 Å². The Labute approximate surface area is 199 Å². The second-order valence-electron chi connectivity index (χ2n) is 7.04. The van der Waals surface area contributed by atoms with Crippen LogP contribution in [0.2, 0.25) is 0 Å². The first kappa shape index (κ1) is 22.9. The van der Waals surface area contributed by atoms with E-state index in [9.17, 15) is 9.59 Å². The second kappa shape index (κ2) is 10.1. The average Bonchev–Trinajstić information content (AvgIpc) is 3.27. The molecule has 0 atom stereocenters. The highest BCUT2D eigenvalue weighted by Gasteiger charge is 2.18. The molecule has 7 nitrogen and oxygen atoms in total. The highest BCUT2D eigenvalue weighted by molar-refractivity contribution is 7.99. The minimum atomic E-state index is -0.239. The van der Waals surface area contributed by atoms with Gasteiger partial charge in [0.15, 0.2) is 5.16 Å². The maximum atomic E-state index is 13.1. The Balaban J connectivity index is 1.61. The SMILES string of the molecule is CCn1c(SCC(=O)Nc2cc(OC)ccc2OC)nc2c(-c3ccccc3)csc2c1=O. The van der Waals surface area contributed by atoms with Gasteiger partial charge in [-0.25, -0.2) is 4.98 Å². The molecule has 4 rings (SSSR count). The van der Waals surface area contributed by atoms with E-state index >= 15 is 0 Å². The van der Waals surface area contributed by atoms with Gasteiger partial charge in [0.05, 0.1) is 31.2 Å². The molecule has 0 saturated carbocycles. The number of ether oxygens (including phenoxy) is 2.